The van der Waals surface area contributed by atoms with Crippen LogP contribution in [0.15, 0.2) is 66.8 Å². The second-order valence-electron chi connectivity index (χ2n) is 5.53. The van der Waals surface area contributed by atoms with Gasteiger partial charge in [-0.05, 0) is 52.6 Å². The zero-order valence-electron chi connectivity index (χ0n) is 13.0. The van der Waals surface area contributed by atoms with Crippen LogP contribution in [-0.2, 0) is 4.79 Å². The van der Waals surface area contributed by atoms with Gasteiger partial charge in [0.15, 0.2) is 0 Å². The SMILES string of the molecule is C=CC[N+]#Cc1ccc(C2C(C(=O)[O-])=C2c2ccc(N)cc2)cc1. The molecule has 4 nitrogen and oxygen atoms in total. The summed E-state index contributed by atoms with van der Waals surface area (Å²) in [5.41, 5.74) is 10.1. The van der Waals surface area contributed by atoms with Crippen LogP contribution in [0.2, 0.25) is 0 Å². The molecule has 118 valence electrons. The van der Waals surface area contributed by atoms with Crippen molar-refractivity contribution >= 4 is 17.2 Å². The maximum Gasteiger partial charge on any atom is 0.311 e. The number of rotatable bonds is 4. The third-order valence-electron chi connectivity index (χ3n) is 3.90. The highest BCUT2D eigenvalue weighted by molar-refractivity contribution is 6.11. The first-order valence-electron chi connectivity index (χ1n) is 7.56. The fourth-order valence-electron chi connectivity index (χ4n) is 2.72. The highest BCUT2D eigenvalue weighted by atomic mass is 16.4. The predicted molar refractivity (Wildman–Crippen MR) is 93.4 cm³/mol. The third-order valence-corrected chi connectivity index (χ3v) is 3.90. The lowest BCUT2D eigenvalue weighted by Crippen LogP contribution is -2.21. The molecular weight excluding hydrogens is 300 g/mol. The summed E-state index contributed by atoms with van der Waals surface area (Å²) in [7, 11) is 0. The summed E-state index contributed by atoms with van der Waals surface area (Å²) < 4.78 is 0. The van der Waals surface area contributed by atoms with Gasteiger partial charge < -0.3 is 15.6 Å². The monoisotopic (exact) mass is 316 g/mol. The van der Waals surface area contributed by atoms with E-state index in [1.54, 1.807) is 18.2 Å². The van der Waals surface area contributed by atoms with Crippen LogP contribution >= 0.6 is 0 Å². The fraction of sp³-hybridized carbons (Fsp3) is 0.100. The summed E-state index contributed by atoms with van der Waals surface area (Å²) in [5.74, 6) is -1.37. The van der Waals surface area contributed by atoms with E-state index in [0.29, 0.717) is 17.8 Å². The standard InChI is InChI=1S/C20H16N2O2/c1-2-11-22-12-13-3-5-14(6-4-13)17-18(19(17)20(23)24)15-7-9-16(21)10-8-15/h2-10,17H,1,11,21H2. The van der Waals surface area contributed by atoms with Crippen molar-refractivity contribution in [2.24, 2.45) is 0 Å². The van der Waals surface area contributed by atoms with Gasteiger partial charge in [-0.1, -0.05) is 35.7 Å². The van der Waals surface area contributed by atoms with Crippen LogP contribution in [0.25, 0.3) is 10.4 Å². The Morgan fingerprint density at radius 3 is 2.46 bits per heavy atom. The minimum Gasteiger partial charge on any atom is -0.545 e. The number of carbonyl (C=O) groups excluding carboxylic acids is 1. The normalized spacial score (nSPS) is 15.4. The molecule has 0 aromatic heterocycles. The van der Waals surface area contributed by atoms with Gasteiger partial charge in [-0.2, -0.15) is 0 Å². The Balaban J connectivity index is 1.85. The largest absolute Gasteiger partial charge is 0.545 e. The lowest BCUT2D eigenvalue weighted by molar-refractivity contribution is -0.298. The van der Waals surface area contributed by atoms with E-state index < -0.39 is 5.97 Å². The van der Waals surface area contributed by atoms with Crippen molar-refractivity contribution in [2.75, 3.05) is 12.3 Å². The Hall–Kier alpha value is -3.32. The molecule has 2 aromatic rings. The van der Waals surface area contributed by atoms with E-state index in [-0.39, 0.29) is 5.92 Å². The fourth-order valence-corrected chi connectivity index (χ4v) is 2.72. The van der Waals surface area contributed by atoms with E-state index in [9.17, 15) is 9.90 Å². The smallest absolute Gasteiger partial charge is 0.311 e. The first-order valence-corrected chi connectivity index (χ1v) is 7.56. The molecule has 1 aliphatic carbocycles. The van der Waals surface area contributed by atoms with Crippen LogP contribution in [0.1, 0.15) is 22.6 Å². The molecule has 0 bridgehead atoms. The molecule has 0 aliphatic heterocycles. The van der Waals surface area contributed by atoms with E-state index >= 15 is 0 Å². The zero-order valence-corrected chi connectivity index (χ0v) is 13.0. The first-order chi connectivity index (χ1) is 11.6. The van der Waals surface area contributed by atoms with Crippen LogP contribution in [0.4, 0.5) is 5.69 Å². The predicted octanol–water partition coefficient (Wildman–Crippen LogP) is 2.44. The van der Waals surface area contributed by atoms with Crippen LogP contribution in [0.5, 0.6) is 0 Å². The number of nitrogens with zero attached hydrogens (tertiary/aromatic N) is 1. The zero-order chi connectivity index (χ0) is 17.1. The number of carbonyl (C=O) groups is 1. The number of aliphatic carboxylic acids is 1. The molecule has 0 saturated heterocycles. The Labute approximate surface area is 140 Å². The molecular formula is C20H16N2O2. The lowest BCUT2D eigenvalue weighted by atomic mass is 10.0. The van der Waals surface area contributed by atoms with Gasteiger partial charge in [0.1, 0.15) is 5.56 Å². The molecule has 0 amide bonds. The summed E-state index contributed by atoms with van der Waals surface area (Å²) in [6.45, 7) is 4.11. The van der Waals surface area contributed by atoms with Crippen LogP contribution in [0, 0.1) is 6.07 Å². The van der Waals surface area contributed by atoms with Gasteiger partial charge in [-0.15, -0.1) is 0 Å². The van der Waals surface area contributed by atoms with Crippen molar-refractivity contribution in [1.82, 2.24) is 0 Å². The van der Waals surface area contributed by atoms with Crippen molar-refractivity contribution in [2.45, 2.75) is 5.92 Å². The van der Waals surface area contributed by atoms with E-state index in [1.165, 1.54) is 0 Å². The summed E-state index contributed by atoms with van der Waals surface area (Å²) in [5, 5.41) is 11.4. The Bertz CT molecular complexity index is 882. The molecule has 24 heavy (non-hydrogen) atoms. The quantitative estimate of drug-likeness (QED) is 0.695. The minimum atomic E-state index is -1.13. The Kier molecular flexibility index (Phi) is 4.17. The minimum absolute atomic E-state index is 0.238. The molecule has 0 fully saturated rings. The molecule has 0 spiro atoms. The summed E-state index contributed by atoms with van der Waals surface area (Å²) in [6.07, 6.45) is 1.69. The molecule has 2 N–H and O–H groups in total. The van der Waals surface area contributed by atoms with Crippen molar-refractivity contribution in [3.8, 4) is 6.07 Å². The van der Waals surface area contributed by atoms with Gasteiger partial charge in [0.25, 0.3) is 6.54 Å². The van der Waals surface area contributed by atoms with Gasteiger partial charge >= 0.3 is 6.07 Å². The molecule has 1 aliphatic rings. The highest BCUT2D eigenvalue weighted by Crippen LogP contribution is 2.53. The number of anilines is 1. The molecule has 1 unspecified atom stereocenters. The molecule has 0 saturated carbocycles. The number of benzene rings is 2. The first kappa shape index (κ1) is 15.6. The number of allylic oxidation sites excluding steroid dienone is 1. The second kappa shape index (κ2) is 6.43. The average molecular weight is 316 g/mol. The van der Waals surface area contributed by atoms with Crippen LogP contribution in [-0.4, -0.2) is 12.5 Å². The number of hydrogen-bond donors (Lipinski definition) is 1. The Morgan fingerprint density at radius 2 is 1.88 bits per heavy atom. The number of carboxylic acids is 1. The topological polar surface area (TPSA) is 70.5 Å². The van der Waals surface area contributed by atoms with Crippen LogP contribution < -0.4 is 10.8 Å². The molecule has 4 heteroatoms. The van der Waals surface area contributed by atoms with E-state index in [4.69, 9.17) is 5.73 Å². The number of hydrogen-bond acceptors (Lipinski definition) is 3. The summed E-state index contributed by atoms with van der Waals surface area (Å²) in [6, 6.07) is 17.6. The van der Waals surface area contributed by atoms with Gasteiger partial charge in [-0.25, -0.2) is 0 Å². The molecule has 0 radical (unpaired) electrons. The lowest BCUT2D eigenvalue weighted by Gasteiger charge is -2.03. The molecule has 1 atom stereocenters. The molecule has 3 rings (SSSR count). The summed E-state index contributed by atoms with van der Waals surface area (Å²) >= 11 is 0. The van der Waals surface area contributed by atoms with E-state index in [1.807, 2.05) is 36.4 Å². The number of carboxylic acid groups (broad SMARTS) is 1. The van der Waals surface area contributed by atoms with Crippen molar-refractivity contribution < 1.29 is 9.90 Å². The second-order valence-corrected chi connectivity index (χ2v) is 5.53. The van der Waals surface area contributed by atoms with Gasteiger partial charge in [0.05, 0.1) is 5.97 Å². The number of nitrogens with two attached hydrogens (primary N) is 1. The van der Waals surface area contributed by atoms with Crippen molar-refractivity contribution in [1.29, 1.82) is 0 Å². The third kappa shape index (κ3) is 3.06. The highest BCUT2D eigenvalue weighted by Gasteiger charge is 2.39. The van der Waals surface area contributed by atoms with Crippen molar-refractivity contribution in [3.05, 3.63) is 88.3 Å². The number of nitrogen functional groups attached to an aromatic ring is 1. The van der Waals surface area contributed by atoms with Crippen molar-refractivity contribution in [3.63, 3.8) is 0 Å². The maximum atomic E-state index is 11.4. The Morgan fingerprint density at radius 1 is 1.21 bits per heavy atom. The molecule has 0 heterocycles. The molecule has 2 aromatic carbocycles. The maximum absolute atomic E-state index is 11.4. The van der Waals surface area contributed by atoms with Gasteiger partial charge in [0, 0.05) is 11.6 Å². The van der Waals surface area contributed by atoms with Crippen LogP contribution in [0.3, 0.4) is 0 Å². The van der Waals surface area contributed by atoms with Gasteiger partial charge in [0.2, 0.25) is 0 Å². The van der Waals surface area contributed by atoms with Gasteiger partial charge in [-0.3, -0.25) is 0 Å². The summed E-state index contributed by atoms with van der Waals surface area (Å²) in [4.78, 5) is 15.5. The van der Waals surface area contributed by atoms with E-state index in [0.717, 1.165) is 22.3 Å². The van der Waals surface area contributed by atoms with E-state index in [2.05, 4.69) is 17.5 Å². The average Bonchev–Trinajstić information content (AvgIpc) is 3.32.